The first kappa shape index (κ1) is 16.1. The van der Waals surface area contributed by atoms with Crippen molar-refractivity contribution in [3.63, 3.8) is 0 Å². The van der Waals surface area contributed by atoms with Crippen LogP contribution in [-0.2, 0) is 14.3 Å². The van der Waals surface area contributed by atoms with E-state index >= 15 is 0 Å². The van der Waals surface area contributed by atoms with Gasteiger partial charge in [-0.15, -0.1) is 0 Å². The maximum atomic E-state index is 11.8. The molecule has 0 aliphatic carbocycles. The van der Waals surface area contributed by atoms with Gasteiger partial charge in [-0.05, 0) is 29.4 Å². The summed E-state index contributed by atoms with van der Waals surface area (Å²) >= 11 is 1.80. The number of hydrogen-bond donors (Lipinski definition) is 1. The molecule has 1 heterocycles. The fraction of sp³-hybridized carbons (Fsp3) is 0.316. The van der Waals surface area contributed by atoms with Gasteiger partial charge in [-0.2, -0.15) is 11.8 Å². The number of benzene rings is 2. The molecule has 0 radical (unpaired) electrons. The number of carbonyl (C=O) groups excluding carboxylic acids is 1. The summed E-state index contributed by atoms with van der Waals surface area (Å²) in [5.41, 5.74) is 3.68. The highest BCUT2D eigenvalue weighted by molar-refractivity contribution is 7.99. The quantitative estimate of drug-likeness (QED) is 0.873. The van der Waals surface area contributed by atoms with E-state index in [0.717, 1.165) is 13.0 Å². The number of esters is 1. The second-order valence-corrected chi connectivity index (χ2v) is 6.99. The molecule has 1 fully saturated rings. The molecule has 1 aliphatic heterocycles. The van der Waals surface area contributed by atoms with Gasteiger partial charge in [0.25, 0.3) is 0 Å². The molecule has 2 atom stereocenters. The minimum absolute atomic E-state index is 0.0753. The van der Waals surface area contributed by atoms with Gasteiger partial charge in [0.1, 0.15) is 6.04 Å². The molecule has 4 heteroatoms. The molecular weight excluding hydrogens is 306 g/mol. The normalized spacial score (nSPS) is 23.7. The van der Waals surface area contributed by atoms with Crippen LogP contribution in [0.1, 0.15) is 12.0 Å². The third-order valence-corrected chi connectivity index (χ3v) is 5.89. The molecule has 3 nitrogen and oxygen atoms in total. The average molecular weight is 327 g/mol. The minimum Gasteiger partial charge on any atom is -0.468 e. The van der Waals surface area contributed by atoms with Gasteiger partial charge in [-0.25, -0.2) is 0 Å². The molecule has 2 aromatic rings. The summed E-state index contributed by atoms with van der Waals surface area (Å²) in [6.07, 6.45) is 2.86. The van der Waals surface area contributed by atoms with E-state index in [1.807, 2.05) is 6.07 Å². The van der Waals surface area contributed by atoms with Crippen LogP contribution in [0.25, 0.3) is 11.1 Å². The van der Waals surface area contributed by atoms with Gasteiger partial charge in [-0.1, -0.05) is 54.6 Å². The lowest BCUT2D eigenvalue weighted by molar-refractivity contribution is -0.142. The van der Waals surface area contributed by atoms with Crippen molar-refractivity contribution in [1.29, 1.82) is 0 Å². The summed E-state index contributed by atoms with van der Waals surface area (Å²) in [5.74, 6) is -0.179. The lowest BCUT2D eigenvalue weighted by Gasteiger charge is -2.27. The topological polar surface area (TPSA) is 38.3 Å². The SMILES string of the molecule is COC(=O)C1CC(SC)(c2ccc(-c3ccccc3)cc2)CN1. The van der Waals surface area contributed by atoms with Crippen LogP contribution in [0.3, 0.4) is 0 Å². The van der Waals surface area contributed by atoms with Gasteiger partial charge in [0.05, 0.1) is 11.9 Å². The van der Waals surface area contributed by atoms with Crippen LogP contribution in [0.5, 0.6) is 0 Å². The van der Waals surface area contributed by atoms with Crippen molar-refractivity contribution in [2.45, 2.75) is 17.2 Å². The Labute approximate surface area is 141 Å². The van der Waals surface area contributed by atoms with Crippen LogP contribution >= 0.6 is 11.8 Å². The van der Waals surface area contributed by atoms with Crippen molar-refractivity contribution in [2.24, 2.45) is 0 Å². The van der Waals surface area contributed by atoms with E-state index in [4.69, 9.17) is 4.74 Å². The first-order chi connectivity index (χ1) is 11.2. The predicted octanol–water partition coefficient (Wildman–Crippen LogP) is 3.45. The highest BCUT2D eigenvalue weighted by Crippen LogP contribution is 2.42. The highest BCUT2D eigenvalue weighted by Gasteiger charge is 2.43. The van der Waals surface area contributed by atoms with E-state index in [2.05, 4.69) is 60.1 Å². The average Bonchev–Trinajstić information content (AvgIpc) is 3.08. The van der Waals surface area contributed by atoms with E-state index in [9.17, 15) is 4.79 Å². The fourth-order valence-corrected chi connectivity index (χ4v) is 4.09. The Morgan fingerprint density at radius 3 is 2.39 bits per heavy atom. The standard InChI is InChI=1S/C19H21NO2S/c1-22-18(21)17-12-19(23-2,13-20-17)16-10-8-15(9-11-16)14-6-4-3-5-7-14/h3-11,17,20H,12-13H2,1-2H3. The van der Waals surface area contributed by atoms with Crippen molar-refractivity contribution >= 4 is 17.7 Å². The van der Waals surface area contributed by atoms with Crippen LogP contribution in [0.4, 0.5) is 0 Å². The smallest absolute Gasteiger partial charge is 0.322 e. The Balaban J connectivity index is 1.84. The summed E-state index contributed by atoms with van der Waals surface area (Å²) in [6, 6.07) is 18.8. The number of carbonyl (C=O) groups is 1. The highest BCUT2D eigenvalue weighted by atomic mass is 32.2. The molecule has 120 valence electrons. The number of nitrogens with one attached hydrogen (secondary N) is 1. The number of hydrogen-bond acceptors (Lipinski definition) is 4. The molecule has 23 heavy (non-hydrogen) atoms. The monoisotopic (exact) mass is 327 g/mol. The van der Waals surface area contributed by atoms with Crippen molar-refractivity contribution in [2.75, 3.05) is 19.9 Å². The molecule has 3 rings (SSSR count). The number of methoxy groups -OCH3 is 1. The van der Waals surface area contributed by atoms with Gasteiger partial charge in [0.2, 0.25) is 0 Å². The third-order valence-electron chi connectivity index (χ3n) is 4.56. The summed E-state index contributed by atoms with van der Waals surface area (Å²) in [4.78, 5) is 11.8. The zero-order valence-corrected chi connectivity index (χ0v) is 14.2. The second-order valence-electron chi connectivity index (χ2n) is 5.80. The Hall–Kier alpha value is -1.78. The lowest BCUT2D eigenvalue weighted by atomic mass is 9.93. The molecule has 2 unspecified atom stereocenters. The number of thioether (sulfide) groups is 1. The van der Waals surface area contributed by atoms with E-state index in [-0.39, 0.29) is 16.8 Å². The molecule has 1 aliphatic rings. The summed E-state index contributed by atoms with van der Waals surface area (Å²) in [6.45, 7) is 0.776. The molecule has 0 aromatic heterocycles. The molecule has 2 aromatic carbocycles. The van der Waals surface area contributed by atoms with Gasteiger partial charge in [0.15, 0.2) is 0 Å². The first-order valence-electron chi connectivity index (χ1n) is 7.71. The molecule has 0 amide bonds. The molecule has 0 spiro atoms. The van der Waals surface area contributed by atoms with E-state index in [0.29, 0.717) is 0 Å². The van der Waals surface area contributed by atoms with E-state index in [1.54, 1.807) is 11.8 Å². The van der Waals surface area contributed by atoms with Gasteiger partial charge in [0, 0.05) is 6.54 Å². The van der Waals surface area contributed by atoms with Gasteiger partial charge < -0.3 is 10.1 Å². The van der Waals surface area contributed by atoms with Gasteiger partial charge in [-0.3, -0.25) is 4.79 Å². The zero-order valence-electron chi connectivity index (χ0n) is 13.4. The summed E-state index contributed by atoms with van der Waals surface area (Å²) < 4.78 is 4.80. The third kappa shape index (κ3) is 3.14. The van der Waals surface area contributed by atoms with Crippen molar-refractivity contribution < 1.29 is 9.53 Å². The fourth-order valence-electron chi connectivity index (χ4n) is 3.16. The minimum atomic E-state index is -0.221. The maximum Gasteiger partial charge on any atom is 0.322 e. The number of ether oxygens (including phenoxy) is 1. The number of rotatable bonds is 4. The van der Waals surface area contributed by atoms with Crippen molar-refractivity contribution in [3.8, 4) is 11.1 Å². The van der Waals surface area contributed by atoms with Crippen LogP contribution in [0.15, 0.2) is 54.6 Å². The van der Waals surface area contributed by atoms with Crippen LogP contribution in [-0.4, -0.2) is 31.9 Å². The lowest BCUT2D eigenvalue weighted by Crippen LogP contribution is -2.31. The Morgan fingerprint density at radius 1 is 1.13 bits per heavy atom. The molecular formula is C19H21NO2S. The van der Waals surface area contributed by atoms with Gasteiger partial charge >= 0.3 is 5.97 Å². The second kappa shape index (κ2) is 6.77. The van der Waals surface area contributed by atoms with Crippen LogP contribution in [0, 0.1) is 0 Å². The maximum absolute atomic E-state index is 11.8. The van der Waals surface area contributed by atoms with Crippen LogP contribution < -0.4 is 5.32 Å². The van der Waals surface area contributed by atoms with E-state index < -0.39 is 0 Å². The van der Waals surface area contributed by atoms with Crippen LogP contribution in [0.2, 0.25) is 0 Å². The van der Waals surface area contributed by atoms with Crippen molar-refractivity contribution in [3.05, 3.63) is 60.2 Å². The molecule has 0 saturated carbocycles. The molecule has 1 N–H and O–H groups in total. The Bertz CT molecular complexity index is 672. The Morgan fingerprint density at radius 2 is 1.78 bits per heavy atom. The first-order valence-corrected chi connectivity index (χ1v) is 8.93. The predicted molar refractivity (Wildman–Crippen MR) is 95.5 cm³/mol. The van der Waals surface area contributed by atoms with E-state index in [1.165, 1.54) is 23.8 Å². The summed E-state index contributed by atoms with van der Waals surface area (Å²) in [5, 5.41) is 3.30. The summed E-state index contributed by atoms with van der Waals surface area (Å²) in [7, 11) is 1.44. The van der Waals surface area contributed by atoms with Crippen molar-refractivity contribution in [1.82, 2.24) is 5.32 Å². The molecule has 1 saturated heterocycles. The largest absolute Gasteiger partial charge is 0.468 e. The zero-order chi connectivity index (χ0) is 16.3. The Kier molecular flexibility index (Phi) is 4.74. The molecule has 0 bridgehead atoms.